The van der Waals surface area contributed by atoms with Gasteiger partial charge in [0.05, 0.1) is 12.2 Å². The number of nitrogens with zero attached hydrogens (tertiary/aromatic N) is 1. The number of anilines is 1. The van der Waals surface area contributed by atoms with Crippen LogP contribution in [0.5, 0.6) is 17.2 Å². The van der Waals surface area contributed by atoms with Crippen molar-refractivity contribution in [2.75, 3.05) is 19.0 Å². The summed E-state index contributed by atoms with van der Waals surface area (Å²) >= 11 is 0. The number of phenolic OH excluding ortho intramolecular Hbond substituents is 1. The topological polar surface area (TPSA) is 105 Å². The summed E-state index contributed by atoms with van der Waals surface area (Å²) in [5.74, 6) is -1.34. The minimum absolute atomic E-state index is 0.0293. The summed E-state index contributed by atoms with van der Waals surface area (Å²) in [7, 11) is 1.66. The molecular formula is C23H28N2O6. The van der Waals surface area contributed by atoms with Gasteiger partial charge in [-0.05, 0) is 76.1 Å². The second kappa shape index (κ2) is 9.97. The van der Waals surface area contributed by atoms with Crippen molar-refractivity contribution in [2.45, 2.75) is 40.7 Å². The van der Waals surface area contributed by atoms with Crippen molar-refractivity contribution >= 4 is 23.5 Å². The molecule has 8 nitrogen and oxygen atoms in total. The first-order valence-corrected chi connectivity index (χ1v) is 9.92. The van der Waals surface area contributed by atoms with Crippen LogP contribution in [0.1, 0.15) is 42.3 Å². The van der Waals surface area contributed by atoms with Gasteiger partial charge in [-0.15, -0.1) is 0 Å². The highest BCUT2D eigenvalue weighted by Crippen LogP contribution is 2.33. The van der Waals surface area contributed by atoms with E-state index in [1.54, 1.807) is 46.0 Å². The molecule has 2 aromatic rings. The maximum atomic E-state index is 12.6. The van der Waals surface area contributed by atoms with Crippen molar-refractivity contribution in [1.29, 1.82) is 0 Å². The van der Waals surface area contributed by atoms with Gasteiger partial charge in [0.25, 0.3) is 5.91 Å². The van der Waals surface area contributed by atoms with E-state index >= 15 is 0 Å². The van der Waals surface area contributed by atoms with E-state index in [1.807, 2.05) is 13.8 Å². The molecule has 2 aromatic carbocycles. The van der Waals surface area contributed by atoms with Crippen LogP contribution in [0.15, 0.2) is 30.3 Å². The number of hydrogen-bond acceptors (Lipinski definition) is 6. The maximum absolute atomic E-state index is 12.6. The summed E-state index contributed by atoms with van der Waals surface area (Å²) in [5, 5.41) is 12.6. The lowest BCUT2D eigenvalue weighted by molar-refractivity contribution is -0.152. The molecule has 0 saturated heterocycles. The van der Waals surface area contributed by atoms with Crippen molar-refractivity contribution in [2.24, 2.45) is 0 Å². The van der Waals surface area contributed by atoms with Crippen LogP contribution in [0.2, 0.25) is 0 Å². The van der Waals surface area contributed by atoms with E-state index < -0.39 is 11.9 Å². The van der Waals surface area contributed by atoms with Crippen LogP contribution < -0.4 is 10.1 Å². The third kappa shape index (κ3) is 5.75. The van der Waals surface area contributed by atoms with Gasteiger partial charge in [-0.2, -0.15) is 0 Å². The molecular weight excluding hydrogens is 400 g/mol. The Morgan fingerprint density at radius 1 is 1.10 bits per heavy atom. The molecule has 0 spiro atoms. The highest BCUT2D eigenvalue weighted by atomic mass is 16.5. The Hall–Kier alpha value is -3.55. The molecule has 0 radical (unpaired) electrons. The van der Waals surface area contributed by atoms with Crippen LogP contribution in [-0.2, 0) is 14.3 Å². The van der Waals surface area contributed by atoms with E-state index in [9.17, 15) is 19.5 Å². The Kier molecular flexibility index (Phi) is 7.63. The molecule has 2 rings (SSSR count). The van der Waals surface area contributed by atoms with Gasteiger partial charge in [-0.3, -0.25) is 9.59 Å². The number of aryl methyl sites for hydroxylation is 2. The predicted octanol–water partition coefficient (Wildman–Crippen LogP) is 3.78. The molecule has 0 saturated carbocycles. The minimum Gasteiger partial charge on any atom is -0.507 e. The quantitative estimate of drug-likeness (QED) is 0.536. The molecule has 0 atom stereocenters. The Morgan fingerprint density at radius 3 is 2.26 bits per heavy atom. The number of carbonyl (C=O) groups excluding carboxylic acids is 3. The van der Waals surface area contributed by atoms with E-state index in [4.69, 9.17) is 4.74 Å². The summed E-state index contributed by atoms with van der Waals surface area (Å²) < 4.78 is 10.7. The largest absolute Gasteiger partial charge is 0.507 e. The summed E-state index contributed by atoms with van der Waals surface area (Å²) in [6, 6.07) is 7.77. The van der Waals surface area contributed by atoms with Crippen LogP contribution in [0.3, 0.4) is 0 Å². The monoisotopic (exact) mass is 428 g/mol. The number of hydrogen-bond donors (Lipinski definition) is 2. The average Bonchev–Trinajstić information content (AvgIpc) is 2.70. The van der Waals surface area contributed by atoms with Gasteiger partial charge in [0.1, 0.15) is 17.2 Å². The molecule has 0 bridgehead atoms. The number of nitrogens with one attached hydrogen (secondary N) is 1. The minimum atomic E-state index is -0.953. The number of ether oxygens (including phenoxy) is 2. The zero-order valence-electron chi connectivity index (χ0n) is 18.6. The Morgan fingerprint density at radius 2 is 1.71 bits per heavy atom. The standard InChI is InChI=1S/C23H28N2O6/c1-7-30-23(29)21(27)24-16-10-14(4)20(15(5)11-16)31-17-8-9-19(26)18(12-17)22(28)25(6)13(2)3/h8-13,26H,7H2,1-6H3,(H,24,27). The molecule has 166 valence electrons. The Bertz CT molecular complexity index is 977. The van der Waals surface area contributed by atoms with Gasteiger partial charge in [0, 0.05) is 18.8 Å². The van der Waals surface area contributed by atoms with Crippen LogP contribution >= 0.6 is 0 Å². The molecule has 8 heteroatoms. The third-order valence-corrected chi connectivity index (χ3v) is 4.69. The average molecular weight is 428 g/mol. The lowest BCUT2D eigenvalue weighted by Crippen LogP contribution is -2.33. The molecule has 0 aliphatic heterocycles. The summed E-state index contributed by atoms with van der Waals surface area (Å²) in [5.41, 5.74) is 1.99. The number of carbonyl (C=O) groups is 3. The molecule has 2 amide bonds. The second-order valence-electron chi connectivity index (χ2n) is 7.40. The number of phenols is 1. The fourth-order valence-corrected chi connectivity index (χ4v) is 2.85. The number of benzene rings is 2. The van der Waals surface area contributed by atoms with E-state index in [0.29, 0.717) is 28.3 Å². The Labute approximate surface area is 181 Å². The summed E-state index contributed by atoms with van der Waals surface area (Å²) in [6.45, 7) is 9.08. The molecule has 0 unspecified atom stereocenters. The van der Waals surface area contributed by atoms with Crippen LogP contribution in [-0.4, -0.2) is 47.5 Å². The molecule has 0 fully saturated rings. The predicted molar refractivity (Wildman–Crippen MR) is 117 cm³/mol. The normalized spacial score (nSPS) is 10.5. The third-order valence-electron chi connectivity index (χ3n) is 4.69. The lowest BCUT2D eigenvalue weighted by Gasteiger charge is -2.22. The highest BCUT2D eigenvalue weighted by Gasteiger charge is 2.20. The summed E-state index contributed by atoms with van der Waals surface area (Å²) in [6.07, 6.45) is 0. The SMILES string of the molecule is CCOC(=O)C(=O)Nc1cc(C)c(Oc2ccc(O)c(C(=O)N(C)C(C)C)c2)c(C)c1. The van der Waals surface area contributed by atoms with E-state index in [0.717, 1.165) is 0 Å². The Balaban J connectivity index is 2.27. The van der Waals surface area contributed by atoms with Crippen molar-refractivity contribution < 1.29 is 29.0 Å². The van der Waals surface area contributed by atoms with E-state index in [2.05, 4.69) is 10.1 Å². The number of rotatable bonds is 6. The highest BCUT2D eigenvalue weighted by molar-refractivity contribution is 6.37. The lowest BCUT2D eigenvalue weighted by atomic mass is 10.1. The van der Waals surface area contributed by atoms with Crippen molar-refractivity contribution in [3.8, 4) is 17.2 Å². The smallest absolute Gasteiger partial charge is 0.397 e. The van der Waals surface area contributed by atoms with Gasteiger partial charge in [-0.25, -0.2) is 4.79 Å². The first-order chi connectivity index (χ1) is 14.5. The van der Waals surface area contributed by atoms with Crippen LogP contribution in [0.25, 0.3) is 0 Å². The van der Waals surface area contributed by atoms with E-state index in [1.165, 1.54) is 17.0 Å². The molecule has 0 aliphatic rings. The second-order valence-corrected chi connectivity index (χ2v) is 7.40. The fourth-order valence-electron chi connectivity index (χ4n) is 2.85. The number of amides is 2. The molecule has 0 aliphatic carbocycles. The van der Waals surface area contributed by atoms with Gasteiger partial charge in [-0.1, -0.05) is 0 Å². The van der Waals surface area contributed by atoms with Gasteiger partial charge >= 0.3 is 11.9 Å². The number of aromatic hydroxyl groups is 1. The maximum Gasteiger partial charge on any atom is 0.397 e. The van der Waals surface area contributed by atoms with Gasteiger partial charge in [0.2, 0.25) is 0 Å². The molecule has 0 aromatic heterocycles. The van der Waals surface area contributed by atoms with Crippen molar-refractivity contribution in [1.82, 2.24) is 4.90 Å². The zero-order valence-corrected chi connectivity index (χ0v) is 18.6. The fraction of sp³-hybridized carbons (Fsp3) is 0.348. The molecule has 31 heavy (non-hydrogen) atoms. The van der Waals surface area contributed by atoms with Crippen molar-refractivity contribution in [3.63, 3.8) is 0 Å². The molecule has 2 N–H and O–H groups in total. The van der Waals surface area contributed by atoms with Crippen molar-refractivity contribution in [3.05, 3.63) is 47.0 Å². The van der Waals surface area contributed by atoms with E-state index in [-0.39, 0.29) is 29.9 Å². The zero-order chi connectivity index (χ0) is 23.3. The summed E-state index contributed by atoms with van der Waals surface area (Å²) in [4.78, 5) is 37.5. The van der Waals surface area contributed by atoms with Crippen LogP contribution in [0, 0.1) is 13.8 Å². The van der Waals surface area contributed by atoms with Crippen LogP contribution in [0.4, 0.5) is 5.69 Å². The first-order valence-electron chi connectivity index (χ1n) is 9.92. The molecule has 0 heterocycles. The number of esters is 1. The first kappa shape index (κ1) is 23.7. The van der Waals surface area contributed by atoms with Gasteiger partial charge in [0.15, 0.2) is 0 Å². The van der Waals surface area contributed by atoms with Gasteiger partial charge < -0.3 is 24.8 Å².